The molecule has 1 saturated heterocycles. The lowest BCUT2D eigenvalue weighted by atomic mass is 10.0. The monoisotopic (exact) mass is 201 g/mol. The summed E-state index contributed by atoms with van der Waals surface area (Å²) in [7, 11) is 0. The van der Waals surface area contributed by atoms with Crippen LogP contribution in [0.3, 0.4) is 0 Å². The molecule has 0 spiro atoms. The molecule has 0 amide bonds. The molecule has 2 N–H and O–H groups in total. The Morgan fingerprint density at radius 1 is 1.57 bits per heavy atom. The normalized spacial score (nSPS) is 24.7. The molecule has 0 aliphatic carbocycles. The first-order chi connectivity index (χ1) is 6.40. The molecule has 4 nitrogen and oxygen atoms in total. The Kier molecular flexibility index (Phi) is 3.50. The highest BCUT2D eigenvalue weighted by Crippen LogP contribution is 2.16. The van der Waals surface area contributed by atoms with Crippen LogP contribution in [0.25, 0.3) is 0 Å². The van der Waals surface area contributed by atoms with Gasteiger partial charge in [0.25, 0.3) is 0 Å². The van der Waals surface area contributed by atoms with Crippen molar-refractivity contribution in [1.82, 2.24) is 5.32 Å². The largest absolute Gasteiger partial charge is 0.458 e. The van der Waals surface area contributed by atoms with Crippen molar-refractivity contribution < 1.29 is 14.6 Å². The highest BCUT2D eigenvalue weighted by atomic mass is 16.6. The molecule has 1 rings (SSSR count). The van der Waals surface area contributed by atoms with E-state index in [9.17, 15) is 9.90 Å². The Bertz CT molecular complexity index is 204. The van der Waals surface area contributed by atoms with E-state index >= 15 is 0 Å². The lowest BCUT2D eigenvalue weighted by Crippen LogP contribution is -2.37. The molecule has 1 aliphatic rings. The second-order valence-electron chi connectivity index (χ2n) is 4.73. The van der Waals surface area contributed by atoms with Crippen molar-refractivity contribution in [3.8, 4) is 0 Å². The first-order valence-corrected chi connectivity index (χ1v) is 5.02. The second-order valence-corrected chi connectivity index (χ2v) is 4.73. The first-order valence-electron chi connectivity index (χ1n) is 5.02. The van der Waals surface area contributed by atoms with Gasteiger partial charge < -0.3 is 15.2 Å². The van der Waals surface area contributed by atoms with Crippen molar-refractivity contribution in [3.63, 3.8) is 0 Å². The van der Waals surface area contributed by atoms with Crippen LogP contribution in [0, 0.1) is 5.92 Å². The smallest absolute Gasteiger partial charge is 0.335 e. The molecule has 0 aromatic heterocycles. The lowest BCUT2D eigenvalue weighted by Gasteiger charge is -2.23. The van der Waals surface area contributed by atoms with E-state index in [4.69, 9.17) is 4.74 Å². The number of nitrogens with one attached hydrogen (secondary N) is 1. The van der Waals surface area contributed by atoms with Crippen molar-refractivity contribution in [2.75, 3.05) is 13.1 Å². The van der Waals surface area contributed by atoms with E-state index < -0.39 is 17.7 Å². The van der Waals surface area contributed by atoms with E-state index in [1.807, 2.05) is 0 Å². The zero-order valence-corrected chi connectivity index (χ0v) is 9.04. The number of aliphatic hydroxyl groups excluding tert-OH is 1. The number of rotatable bonds is 2. The highest BCUT2D eigenvalue weighted by Gasteiger charge is 2.31. The maximum absolute atomic E-state index is 11.4. The van der Waals surface area contributed by atoms with E-state index in [0.717, 1.165) is 13.0 Å². The molecule has 1 heterocycles. The number of carbonyl (C=O) groups excluding carboxylic acids is 1. The molecule has 0 radical (unpaired) electrons. The van der Waals surface area contributed by atoms with Crippen LogP contribution in [-0.2, 0) is 9.53 Å². The van der Waals surface area contributed by atoms with Gasteiger partial charge in [0.1, 0.15) is 5.60 Å². The second kappa shape index (κ2) is 4.28. The summed E-state index contributed by atoms with van der Waals surface area (Å²) in [5, 5.41) is 12.8. The van der Waals surface area contributed by atoms with Gasteiger partial charge in [0.15, 0.2) is 6.10 Å². The molecular formula is C10H19NO3. The summed E-state index contributed by atoms with van der Waals surface area (Å²) in [6.07, 6.45) is -0.148. The van der Waals surface area contributed by atoms with Gasteiger partial charge in [-0.05, 0) is 33.7 Å². The predicted octanol–water partition coefficient (Wildman–Crippen LogP) is 0.299. The van der Waals surface area contributed by atoms with Gasteiger partial charge in [-0.15, -0.1) is 0 Å². The molecule has 0 aromatic carbocycles. The third-order valence-electron chi connectivity index (χ3n) is 2.19. The Hall–Kier alpha value is -0.610. The van der Waals surface area contributed by atoms with E-state index in [0.29, 0.717) is 6.54 Å². The third kappa shape index (κ3) is 3.27. The Labute approximate surface area is 84.6 Å². The number of esters is 1. The molecule has 1 fully saturated rings. The van der Waals surface area contributed by atoms with Crippen LogP contribution in [-0.4, -0.2) is 35.9 Å². The van der Waals surface area contributed by atoms with Gasteiger partial charge in [0.05, 0.1) is 0 Å². The number of ether oxygens (including phenoxy) is 1. The zero-order valence-electron chi connectivity index (χ0n) is 9.04. The Balaban J connectivity index is 2.43. The van der Waals surface area contributed by atoms with Crippen LogP contribution >= 0.6 is 0 Å². The summed E-state index contributed by atoms with van der Waals surface area (Å²) in [5.41, 5.74) is -0.524. The molecule has 0 aromatic rings. The quantitative estimate of drug-likeness (QED) is 0.631. The fraction of sp³-hybridized carbons (Fsp3) is 0.900. The minimum Gasteiger partial charge on any atom is -0.458 e. The number of hydrogen-bond acceptors (Lipinski definition) is 4. The van der Waals surface area contributed by atoms with Crippen molar-refractivity contribution in [1.29, 1.82) is 0 Å². The summed E-state index contributed by atoms with van der Waals surface area (Å²) in [6, 6.07) is 0. The van der Waals surface area contributed by atoms with E-state index in [2.05, 4.69) is 5.32 Å². The average molecular weight is 201 g/mol. The molecule has 2 atom stereocenters. The number of hydrogen-bond donors (Lipinski definition) is 2. The topological polar surface area (TPSA) is 58.6 Å². The maximum Gasteiger partial charge on any atom is 0.335 e. The Morgan fingerprint density at radius 3 is 2.64 bits per heavy atom. The van der Waals surface area contributed by atoms with Crippen LogP contribution in [0.2, 0.25) is 0 Å². The molecule has 14 heavy (non-hydrogen) atoms. The van der Waals surface area contributed by atoms with E-state index in [1.54, 1.807) is 20.8 Å². The summed E-state index contributed by atoms with van der Waals surface area (Å²) in [6.45, 7) is 6.95. The maximum atomic E-state index is 11.4. The summed E-state index contributed by atoms with van der Waals surface area (Å²) >= 11 is 0. The molecule has 0 bridgehead atoms. The van der Waals surface area contributed by atoms with Crippen LogP contribution in [0.15, 0.2) is 0 Å². The molecule has 82 valence electrons. The molecule has 0 saturated carbocycles. The fourth-order valence-electron chi connectivity index (χ4n) is 1.50. The van der Waals surface area contributed by atoms with Gasteiger partial charge in [-0.3, -0.25) is 0 Å². The SMILES string of the molecule is CC(C)(C)OC(=O)C(O)C1CCNC1. The van der Waals surface area contributed by atoms with Gasteiger partial charge in [-0.1, -0.05) is 0 Å². The number of aliphatic hydroxyl groups is 1. The predicted molar refractivity (Wildman–Crippen MR) is 52.8 cm³/mol. The highest BCUT2D eigenvalue weighted by molar-refractivity contribution is 5.75. The van der Waals surface area contributed by atoms with E-state index in [1.165, 1.54) is 0 Å². The van der Waals surface area contributed by atoms with Gasteiger partial charge in [-0.25, -0.2) is 4.79 Å². The van der Waals surface area contributed by atoms with Gasteiger partial charge in [0, 0.05) is 12.5 Å². The van der Waals surface area contributed by atoms with E-state index in [-0.39, 0.29) is 5.92 Å². The number of carbonyl (C=O) groups is 1. The summed E-state index contributed by atoms with van der Waals surface area (Å²) < 4.78 is 5.10. The van der Waals surface area contributed by atoms with Gasteiger partial charge in [0.2, 0.25) is 0 Å². The minimum atomic E-state index is -0.982. The molecule has 1 aliphatic heterocycles. The molecule has 4 heteroatoms. The van der Waals surface area contributed by atoms with Crippen LogP contribution in [0.5, 0.6) is 0 Å². The summed E-state index contributed by atoms with van der Waals surface area (Å²) in [5.74, 6) is -0.504. The van der Waals surface area contributed by atoms with Crippen LogP contribution in [0.1, 0.15) is 27.2 Å². The van der Waals surface area contributed by atoms with Crippen molar-refractivity contribution in [3.05, 3.63) is 0 Å². The van der Waals surface area contributed by atoms with Crippen molar-refractivity contribution in [2.24, 2.45) is 5.92 Å². The fourth-order valence-corrected chi connectivity index (χ4v) is 1.50. The molecule has 2 unspecified atom stereocenters. The average Bonchev–Trinajstić information content (AvgIpc) is 2.51. The minimum absolute atomic E-state index is 0.00449. The van der Waals surface area contributed by atoms with Crippen molar-refractivity contribution >= 4 is 5.97 Å². The summed E-state index contributed by atoms with van der Waals surface area (Å²) in [4.78, 5) is 11.4. The molecular weight excluding hydrogens is 182 g/mol. The lowest BCUT2D eigenvalue weighted by molar-refractivity contribution is -0.167. The van der Waals surface area contributed by atoms with Gasteiger partial charge in [-0.2, -0.15) is 0 Å². The van der Waals surface area contributed by atoms with Crippen LogP contribution in [0.4, 0.5) is 0 Å². The van der Waals surface area contributed by atoms with Gasteiger partial charge >= 0.3 is 5.97 Å². The third-order valence-corrected chi connectivity index (χ3v) is 2.19. The van der Waals surface area contributed by atoms with Crippen molar-refractivity contribution in [2.45, 2.75) is 38.9 Å². The zero-order chi connectivity index (χ0) is 10.8. The standard InChI is InChI=1S/C10H19NO3/c1-10(2,3)14-9(13)8(12)7-4-5-11-6-7/h7-8,11-12H,4-6H2,1-3H3. The van der Waals surface area contributed by atoms with Crippen LogP contribution < -0.4 is 5.32 Å². The Morgan fingerprint density at radius 2 is 2.21 bits per heavy atom. The first kappa shape index (κ1) is 11.5.